The fourth-order valence-corrected chi connectivity index (χ4v) is 2.18. The van der Waals surface area contributed by atoms with Crippen LogP contribution in [0.5, 0.6) is 0 Å². The van der Waals surface area contributed by atoms with E-state index >= 15 is 0 Å². The van der Waals surface area contributed by atoms with Crippen molar-refractivity contribution in [3.05, 3.63) is 12.2 Å². The van der Waals surface area contributed by atoms with Gasteiger partial charge in [-0.05, 0) is 45.2 Å². The van der Waals surface area contributed by atoms with Crippen molar-refractivity contribution in [1.29, 1.82) is 0 Å². The molecule has 3 heteroatoms. The molecule has 0 spiro atoms. The van der Waals surface area contributed by atoms with Gasteiger partial charge in [0.05, 0.1) is 0 Å². The Morgan fingerprint density at radius 1 is 1.44 bits per heavy atom. The van der Waals surface area contributed by atoms with E-state index in [2.05, 4.69) is 11.9 Å². The SMILES string of the molecule is C=C(C)CN(C)C(=O)CCC1CCNCC1. The number of piperidine rings is 1. The highest BCUT2D eigenvalue weighted by Gasteiger charge is 2.16. The number of amides is 1. The second-order valence-corrected chi connectivity index (χ2v) is 4.94. The number of nitrogens with zero attached hydrogens (tertiary/aromatic N) is 1. The van der Waals surface area contributed by atoms with Gasteiger partial charge in [-0.3, -0.25) is 4.79 Å². The monoisotopic (exact) mass is 224 g/mol. The van der Waals surface area contributed by atoms with Crippen LogP contribution in [-0.2, 0) is 4.79 Å². The second-order valence-electron chi connectivity index (χ2n) is 4.94. The maximum absolute atomic E-state index is 11.8. The Kier molecular flexibility index (Phi) is 5.53. The molecule has 1 fully saturated rings. The summed E-state index contributed by atoms with van der Waals surface area (Å²) in [6.07, 6.45) is 4.17. The van der Waals surface area contributed by atoms with Crippen LogP contribution in [-0.4, -0.2) is 37.5 Å². The highest BCUT2D eigenvalue weighted by Crippen LogP contribution is 2.18. The van der Waals surface area contributed by atoms with Crippen molar-refractivity contribution in [2.24, 2.45) is 5.92 Å². The quantitative estimate of drug-likeness (QED) is 0.722. The summed E-state index contributed by atoms with van der Waals surface area (Å²) in [5.41, 5.74) is 1.04. The summed E-state index contributed by atoms with van der Waals surface area (Å²) in [5, 5.41) is 3.34. The highest BCUT2D eigenvalue weighted by atomic mass is 16.2. The summed E-state index contributed by atoms with van der Waals surface area (Å²) in [6.45, 7) is 8.69. The van der Waals surface area contributed by atoms with E-state index in [9.17, 15) is 4.79 Å². The van der Waals surface area contributed by atoms with Gasteiger partial charge in [0.2, 0.25) is 5.91 Å². The summed E-state index contributed by atoms with van der Waals surface area (Å²) < 4.78 is 0. The lowest BCUT2D eigenvalue weighted by atomic mass is 9.93. The molecule has 0 radical (unpaired) electrons. The molecule has 92 valence electrons. The van der Waals surface area contributed by atoms with E-state index in [1.54, 1.807) is 4.90 Å². The van der Waals surface area contributed by atoms with Gasteiger partial charge in [0.1, 0.15) is 0 Å². The van der Waals surface area contributed by atoms with Gasteiger partial charge in [0.15, 0.2) is 0 Å². The lowest BCUT2D eigenvalue weighted by molar-refractivity contribution is -0.129. The summed E-state index contributed by atoms with van der Waals surface area (Å²) >= 11 is 0. The molecule has 1 aliphatic rings. The third-order valence-corrected chi connectivity index (χ3v) is 3.16. The molecule has 0 atom stereocenters. The molecular weight excluding hydrogens is 200 g/mol. The molecule has 0 aromatic heterocycles. The maximum atomic E-state index is 11.8. The fraction of sp³-hybridized carbons (Fsp3) is 0.769. The number of carbonyl (C=O) groups is 1. The van der Waals surface area contributed by atoms with Crippen LogP contribution in [0, 0.1) is 5.92 Å². The van der Waals surface area contributed by atoms with Gasteiger partial charge in [0.25, 0.3) is 0 Å². The summed E-state index contributed by atoms with van der Waals surface area (Å²) in [5.74, 6) is 0.991. The highest BCUT2D eigenvalue weighted by molar-refractivity contribution is 5.76. The minimum Gasteiger partial charge on any atom is -0.342 e. The average molecular weight is 224 g/mol. The number of hydrogen-bond donors (Lipinski definition) is 1. The van der Waals surface area contributed by atoms with E-state index in [-0.39, 0.29) is 5.91 Å². The summed E-state index contributed by atoms with van der Waals surface area (Å²) in [4.78, 5) is 13.6. The van der Waals surface area contributed by atoms with Crippen LogP contribution in [0.1, 0.15) is 32.6 Å². The smallest absolute Gasteiger partial charge is 0.222 e. The Balaban J connectivity index is 2.20. The van der Waals surface area contributed by atoms with Crippen molar-refractivity contribution in [2.45, 2.75) is 32.6 Å². The van der Waals surface area contributed by atoms with Crippen LogP contribution >= 0.6 is 0 Å². The molecule has 0 unspecified atom stereocenters. The minimum atomic E-state index is 0.251. The minimum absolute atomic E-state index is 0.251. The average Bonchev–Trinajstić information content (AvgIpc) is 2.26. The van der Waals surface area contributed by atoms with E-state index in [1.807, 2.05) is 14.0 Å². The van der Waals surface area contributed by atoms with E-state index in [4.69, 9.17) is 0 Å². The Bertz CT molecular complexity index is 244. The maximum Gasteiger partial charge on any atom is 0.222 e. The number of likely N-dealkylation sites (N-methyl/N-ethyl adjacent to an activating group) is 1. The van der Waals surface area contributed by atoms with Gasteiger partial charge in [-0.2, -0.15) is 0 Å². The molecule has 1 amide bonds. The first kappa shape index (κ1) is 13.2. The van der Waals surface area contributed by atoms with Crippen LogP contribution in [0.4, 0.5) is 0 Å². The van der Waals surface area contributed by atoms with Crippen LogP contribution in [0.15, 0.2) is 12.2 Å². The molecule has 0 saturated carbocycles. The Morgan fingerprint density at radius 2 is 2.06 bits per heavy atom. The third-order valence-electron chi connectivity index (χ3n) is 3.16. The molecule has 0 bridgehead atoms. The lowest BCUT2D eigenvalue weighted by Crippen LogP contribution is -2.31. The van der Waals surface area contributed by atoms with E-state index in [0.29, 0.717) is 13.0 Å². The number of hydrogen-bond acceptors (Lipinski definition) is 2. The van der Waals surface area contributed by atoms with E-state index in [1.165, 1.54) is 12.8 Å². The first-order valence-corrected chi connectivity index (χ1v) is 6.18. The zero-order chi connectivity index (χ0) is 12.0. The third kappa shape index (κ3) is 4.79. The Morgan fingerprint density at radius 3 is 2.62 bits per heavy atom. The predicted octanol–water partition coefficient (Wildman–Crippen LogP) is 1.80. The predicted molar refractivity (Wildman–Crippen MR) is 67.3 cm³/mol. The zero-order valence-electron chi connectivity index (χ0n) is 10.6. The lowest BCUT2D eigenvalue weighted by Gasteiger charge is -2.23. The molecule has 1 rings (SSSR count). The van der Waals surface area contributed by atoms with E-state index < -0.39 is 0 Å². The molecule has 1 aliphatic heterocycles. The molecule has 16 heavy (non-hydrogen) atoms. The van der Waals surface area contributed by atoms with Gasteiger partial charge in [0, 0.05) is 20.0 Å². The number of carbonyl (C=O) groups excluding carboxylic acids is 1. The number of rotatable bonds is 5. The molecule has 3 nitrogen and oxygen atoms in total. The van der Waals surface area contributed by atoms with Crippen molar-refractivity contribution in [3.63, 3.8) is 0 Å². The summed E-state index contributed by atoms with van der Waals surface area (Å²) in [7, 11) is 1.86. The second kappa shape index (κ2) is 6.69. The molecule has 1 N–H and O–H groups in total. The molecular formula is C13H24N2O. The Labute approximate surface area is 98.9 Å². The topological polar surface area (TPSA) is 32.3 Å². The zero-order valence-corrected chi connectivity index (χ0v) is 10.6. The van der Waals surface area contributed by atoms with Gasteiger partial charge in [-0.25, -0.2) is 0 Å². The molecule has 0 aromatic rings. The van der Waals surface area contributed by atoms with Gasteiger partial charge in [-0.15, -0.1) is 0 Å². The van der Waals surface area contributed by atoms with Crippen molar-refractivity contribution in [1.82, 2.24) is 10.2 Å². The molecule has 1 saturated heterocycles. The standard InChI is InChI=1S/C13H24N2O/c1-11(2)10-15(3)13(16)5-4-12-6-8-14-9-7-12/h12,14H,1,4-10H2,2-3H3. The normalized spacial score (nSPS) is 17.1. The van der Waals surface area contributed by atoms with Crippen LogP contribution in [0.2, 0.25) is 0 Å². The Hall–Kier alpha value is -0.830. The molecule has 0 aromatic carbocycles. The van der Waals surface area contributed by atoms with E-state index in [0.717, 1.165) is 31.0 Å². The number of nitrogens with one attached hydrogen (secondary N) is 1. The molecule has 0 aliphatic carbocycles. The van der Waals surface area contributed by atoms with Crippen molar-refractivity contribution >= 4 is 5.91 Å². The fourth-order valence-electron chi connectivity index (χ4n) is 2.18. The molecule has 1 heterocycles. The largest absolute Gasteiger partial charge is 0.342 e. The van der Waals surface area contributed by atoms with Crippen LogP contribution in [0.3, 0.4) is 0 Å². The summed E-state index contributed by atoms with van der Waals surface area (Å²) in [6, 6.07) is 0. The van der Waals surface area contributed by atoms with Crippen molar-refractivity contribution < 1.29 is 4.79 Å². The van der Waals surface area contributed by atoms with Crippen LogP contribution in [0.25, 0.3) is 0 Å². The first-order valence-electron chi connectivity index (χ1n) is 6.18. The van der Waals surface area contributed by atoms with Gasteiger partial charge < -0.3 is 10.2 Å². The first-order chi connectivity index (χ1) is 7.59. The van der Waals surface area contributed by atoms with Gasteiger partial charge in [-0.1, -0.05) is 12.2 Å². The van der Waals surface area contributed by atoms with Crippen molar-refractivity contribution in [2.75, 3.05) is 26.7 Å². The van der Waals surface area contributed by atoms with Crippen LogP contribution < -0.4 is 5.32 Å². The van der Waals surface area contributed by atoms with Crippen molar-refractivity contribution in [3.8, 4) is 0 Å². The van der Waals surface area contributed by atoms with Gasteiger partial charge >= 0.3 is 0 Å².